The van der Waals surface area contributed by atoms with Crippen molar-refractivity contribution in [1.82, 2.24) is 9.80 Å². The monoisotopic (exact) mass is 225 g/mol. The van der Waals surface area contributed by atoms with Gasteiger partial charge in [-0.15, -0.1) is 0 Å². The van der Waals surface area contributed by atoms with Crippen LogP contribution in [-0.2, 0) is 4.79 Å². The molecule has 2 amide bonds. The fourth-order valence-electron chi connectivity index (χ4n) is 1.48. The van der Waals surface area contributed by atoms with Gasteiger partial charge in [-0.05, 0) is 12.8 Å². The average molecular weight is 225 g/mol. The predicted octanol–water partition coefficient (Wildman–Crippen LogP) is 0.501. The molecule has 0 heterocycles. The summed E-state index contributed by atoms with van der Waals surface area (Å²) in [4.78, 5) is 25.1. The zero-order valence-corrected chi connectivity index (χ0v) is 9.22. The van der Waals surface area contributed by atoms with Crippen LogP contribution < -0.4 is 0 Å². The van der Waals surface area contributed by atoms with Crippen molar-refractivity contribution in [3.63, 3.8) is 0 Å². The lowest BCUT2D eigenvalue weighted by molar-refractivity contribution is -0.137. The molecule has 6 heteroatoms. The number of rotatable bonds is 5. The Morgan fingerprint density at radius 3 is 2.56 bits per heavy atom. The number of aliphatic carboxylic acids is 1. The van der Waals surface area contributed by atoms with E-state index in [-0.39, 0.29) is 25.0 Å². The molecule has 0 aliphatic heterocycles. The van der Waals surface area contributed by atoms with Gasteiger partial charge >= 0.3 is 12.0 Å². The number of hydrogen-bond acceptors (Lipinski definition) is 3. The van der Waals surface area contributed by atoms with Gasteiger partial charge in [-0.3, -0.25) is 4.79 Å². The lowest BCUT2D eigenvalue weighted by Gasteiger charge is -2.26. The molecule has 0 saturated heterocycles. The van der Waals surface area contributed by atoms with Crippen LogP contribution in [-0.4, -0.2) is 53.1 Å². The second-order valence-corrected chi connectivity index (χ2v) is 3.87. The SMILES string of the molecule is CN(CC(=O)O)C(=O)N(CCC#N)C1CC1. The summed E-state index contributed by atoms with van der Waals surface area (Å²) in [6.45, 7) is 0.0680. The van der Waals surface area contributed by atoms with Crippen molar-refractivity contribution in [3.05, 3.63) is 0 Å². The van der Waals surface area contributed by atoms with Crippen molar-refractivity contribution in [2.24, 2.45) is 0 Å². The van der Waals surface area contributed by atoms with Crippen LogP contribution in [0.3, 0.4) is 0 Å². The van der Waals surface area contributed by atoms with Gasteiger partial charge in [0, 0.05) is 19.6 Å². The molecule has 1 aliphatic rings. The lowest BCUT2D eigenvalue weighted by atomic mass is 10.4. The van der Waals surface area contributed by atoms with Crippen LogP contribution in [0.5, 0.6) is 0 Å². The molecule has 0 radical (unpaired) electrons. The summed E-state index contributed by atoms with van der Waals surface area (Å²) in [7, 11) is 1.46. The Hall–Kier alpha value is -1.77. The number of amides is 2. The predicted molar refractivity (Wildman–Crippen MR) is 55.6 cm³/mol. The number of carboxylic acids is 1. The molecule has 0 aromatic rings. The largest absolute Gasteiger partial charge is 0.480 e. The third-order valence-electron chi connectivity index (χ3n) is 2.40. The molecule has 1 N–H and O–H groups in total. The maximum atomic E-state index is 11.8. The maximum absolute atomic E-state index is 11.8. The van der Waals surface area contributed by atoms with Gasteiger partial charge < -0.3 is 14.9 Å². The first-order chi connectivity index (χ1) is 7.56. The maximum Gasteiger partial charge on any atom is 0.323 e. The number of nitriles is 1. The van der Waals surface area contributed by atoms with Gasteiger partial charge in [0.15, 0.2) is 0 Å². The number of carbonyl (C=O) groups excluding carboxylic acids is 1. The molecular formula is C10H15N3O3. The number of likely N-dealkylation sites (N-methyl/N-ethyl adjacent to an activating group) is 1. The highest BCUT2D eigenvalue weighted by Gasteiger charge is 2.33. The minimum Gasteiger partial charge on any atom is -0.480 e. The van der Waals surface area contributed by atoms with E-state index in [4.69, 9.17) is 10.4 Å². The van der Waals surface area contributed by atoms with Crippen molar-refractivity contribution in [1.29, 1.82) is 5.26 Å². The van der Waals surface area contributed by atoms with E-state index in [9.17, 15) is 9.59 Å². The molecule has 1 aliphatic carbocycles. The average Bonchev–Trinajstić information content (AvgIpc) is 3.01. The van der Waals surface area contributed by atoms with Gasteiger partial charge in [-0.25, -0.2) is 4.79 Å². The van der Waals surface area contributed by atoms with Crippen LogP contribution in [0.1, 0.15) is 19.3 Å². The minimum absolute atomic E-state index is 0.192. The summed E-state index contributed by atoms with van der Waals surface area (Å²) in [5.74, 6) is -1.04. The second kappa shape index (κ2) is 5.35. The molecule has 0 bridgehead atoms. The summed E-state index contributed by atoms with van der Waals surface area (Å²) >= 11 is 0. The van der Waals surface area contributed by atoms with Crippen molar-refractivity contribution in [3.8, 4) is 6.07 Å². The molecule has 0 unspecified atom stereocenters. The standard InChI is InChI=1S/C10H15N3O3/c1-12(7-9(14)15)10(16)13(6-2-5-11)8-3-4-8/h8H,2-4,6-7H2,1H3,(H,14,15). The molecule has 1 fully saturated rings. The van der Waals surface area contributed by atoms with Gasteiger partial charge in [-0.1, -0.05) is 0 Å². The van der Waals surface area contributed by atoms with E-state index in [0.717, 1.165) is 17.7 Å². The van der Waals surface area contributed by atoms with Crippen LogP contribution in [0.25, 0.3) is 0 Å². The van der Waals surface area contributed by atoms with Gasteiger partial charge in [-0.2, -0.15) is 5.26 Å². The van der Waals surface area contributed by atoms with Crippen LogP contribution in [0.15, 0.2) is 0 Å². The molecule has 0 atom stereocenters. The van der Waals surface area contributed by atoms with Crippen molar-refractivity contribution in [2.45, 2.75) is 25.3 Å². The van der Waals surface area contributed by atoms with Gasteiger partial charge in [0.25, 0.3) is 0 Å². The van der Waals surface area contributed by atoms with E-state index in [2.05, 4.69) is 0 Å². The molecular weight excluding hydrogens is 210 g/mol. The van der Waals surface area contributed by atoms with Crippen LogP contribution in [0.4, 0.5) is 4.79 Å². The first kappa shape index (κ1) is 12.3. The zero-order valence-electron chi connectivity index (χ0n) is 9.22. The van der Waals surface area contributed by atoms with E-state index >= 15 is 0 Å². The molecule has 0 aromatic carbocycles. The summed E-state index contributed by atoms with van der Waals surface area (Å²) in [6, 6.07) is 1.87. The Kier molecular flexibility index (Phi) is 4.11. The smallest absolute Gasteiger partial charge is 0.323 e. The summed E-state index contributed by atoms with van der Waals surface area (Å²) in [5, 5.41) is 17.1. The fourth-order valence-corrected chi connectivity index (χ4v) is 1.48. The molecule has 6 nitrogen and oxygen atoms in total. The Morgan fingerprint density at radius 1 is 1.50 bits per heavy atom. The summed E-state index contributed by atoms with van der Waals surface area (Å²) < 4.78 is 0. The number of nitrogens with zero attached hydrogens (tertiary/aromatic N) is 3. The minimum atomic E-state index is -1.04. The van der Waals surface area contributed by atoms with E-state index in [1.54, 1.807) is 4.90 Å². The Morgan fingerprint density at radius 2 is 2.12 bits per heavy atom. The first-order valence-corrected chi connectivity index (χ1v) is 5.16. The van der Waals surface area contributed by atoms with Gasteiger partial charge in [0.05, 0.1) is 12.5 Å². The Bertz CT molecular complexity index is 320. The van der Waals surface area contributed by atoms with E-state index in [1.165, 1.54) is 7.05 Å². The highest BCUT2D eigenvalue weighted by molar-refractivity contribution is 5.80. The number of carbonyl (C=O) groups is 2. The summed E-state index contributed by atoms with van der Waals surface area (Å²) in [6.07, 6.45) is 2.17. The van der Waals surface area contributed by atoms with E-state index in [0.29, 0.717) is 6.54 Å². The molecule has 1 rings (SSSR count). The fraction of sp³-hybridized carbons (Fsp3) is 0.700. The normalized spacial score (nSPS) is 14.0. The highest BCUT2D eigenvalue weighted by atomic mass is 16.4. The molecule has 16 heavy (non-hydrogen) atoms. The number of hydrogen-bond donors (Lipinski definition) is 1. The topological polar surface area (TPSA) is 84.6 Å². The third kappa shape index (κ3) is 3.42. The van der Waals surface area contributed by atoms with Crippen molar-refractivity contribution >= 4 is 12.0 Å². The quantitative estimate of drug-likeness (QED) is 0.738. The molecule has 0 spiro atoms. The highest BCUT2D eigenvalue weighted by Crippen LogP contribution is 2.27. The molecule has 0 aromatic heterocycles. The van der Waals surface area contributed by atoms with E-state index in [1.807, 2.05) is 6.07 Å². The van der Waals surface area contributed by atoms with Crippen LogP contribution in [0.2, 0.25) is 0 Å². The van der Waals surface area contributed by atoms with Crippen molar-refractivity contribution in [2.75, 3.05) is 20.1 Å². The number of urea groups is 1. The van der Waals surface area contributed by atoms with Crippen LogP contribution >= 0.6 is 0 Å². The summed E-state index contributed by atoms with van der Waals surface area (Å²) in [5.41, 5.74) is 0. The number of carboxylic acid groups (broad SMARTS) is 1. The van der Waals surface area contributed by atoms with Gasteiger partial charge in [0.2, 0.25) is 0 Å². The molecule has 1 saturated carbocycles. The molecule has 88 valence electrons. The third-order valence-corrected chi connectivity index (χ3v) is 2.40. The first-order valence-electron chi connectivity index (χ1n) is 5.16. The van der Waals surface area contributed by atoms with E-state index < -0.39 is 5.97 Å². The van der Waals surface area contributed by atoms with Crippen molar-refractivity contribution < 1.29 is 14.7 Å². The Balaban J connectivity index is 2.53. The lowest BCUT2D eigenvalue weighted by Crippen LogP contribution is -2.44. The second-order valence-electron chi connectivity index (χ2n) is 3.87. The van der Waals surface area contributed by atoms with Crippen LogP contribution in [0, 0.1) is 11.3 Å². The van der Waals surface area contributed by atoms with Gasteiger partial charge in [0.1, 0.15) is 6.54 Å². The Labute approximate surface area is 94.0 Å². The zero-order chi connectivity index (χ0) is 12.1.